The molecule has 1 heterocycles. The van der Waals surface area contributed by atoms with Crippen LogP contribution in [0.3, 0.4) is 0 Å². The average Bonchev–Trinajstić information content (AvgIpc) is 2.78. The van der Waals surface area contributed by atoms with Crippen molar-refractivity contribution >= 4 is 28.9 Å². The summed E-state index contributed by atoms with van der Waals surface area (Å²) in [5, 5.41) is 14.3. The zero-order valence-electron chi connectivity index (χ0n) is 19.3. The van der Waals surface area contributed by atoms with Crippen molar-refractivity contribution in [1.29, 1.82) is 0 Å². The van der Waals surface area contributed by atoms with Crippen LogP contribution >= 0.6 is 0 Å². The van der Waals surface area contributed by atoms with Crippen LogP contribution in [-0.2, 0) is 19.7 Å². The Hall–Kier alpha value is -3.46. The minimum atomic E-state index is -1.09. The molecule has 0 radical (unpaired) electrons. The van der Waals surface area contributed by atoms with E-state index in [4.69, 9.17) is 9.47 Å². The van der Waals surface area contributed by atoms with Crippen LogP contribution in [0, 0.1) is 10.1 Å². The number of anilines is 2. The summed E-state index contributed by atoms with van der Waals surface area (Å²) in [6, 6.07) is 11.6. The van der Waals surface area contributed by atoms with E-state index in [1.807, 2.05) is 17.0 Å². The van der Waals surface area contributed by atoms with Crippen LogP contribution in [0.5, 0.6) is 0 Å². The molecular formula is C24H29N3O6. The van der Waals surface area contributed by atoms with Crippen molar-refractivity contribution < 1.29 is 24.0 Å². The number of carbonyl (C=O) groups excluding carboxylic acids is 2. The summed E-state index contributed by atoms with van der Waals surface area (Å²) in [7, 11) is 0. The standard InChI is InChI=1S/C24H29N3O6/c1-16(22(28)25-19-8-6-18(7-9-19)24(2,3)4)33-23(29)17-5-10-20(21(15-17)27(30)31)26-11-13-32-14-12-26/h5-10,15-16H,11-14H2,1-4H3,(H,25,28)/t16-/m1/s1. The van der Waals surface area contributed by atoms with Gasteiger partial charge in [-0.25, -0.2) is 4.79 Å². The SMILES string of the molecule is C[C@@H](OC(=O)c1ccc(N2CCOCC2)c([N+](=O)[O-])c1)C(=O)Nc1ccc(C(C)(C)C)cc1. The lowest BCUT2D eigenvalue weighted by molar-refractivity contribution is -0.384. The molecule has 9 nitrogen and oxygen atoms in total. The molecule has 0 bridgehead atoms. The zero-order valence-corrected chi connectivity index (χ0v) is 19.3. The van der Waals surface area contributed by atoms with Gasteiger partial charge in [-0.05, 0) is 42.2 Å². The van der Waals surface area contributed by atoms with Crippen molar-refractivity contribution in [1.82, 2.24) is 0 Å². The maximum absolute atomic E-state index is 12.6. The number of hydrogen-bond donors (Lipinski definition) is 1. The first-order valence-electron chi connectivity index (χ1n) is 10.8. The fourth-order valence-electron chi connectivity index (χ4n) is 3.45. The highest BCUT2D eigenvalue weighted by Gasteiger charge is 2.25. The van der Waals surface area contributed by atoms with Crippen LogP contribution in [0.15, 0.2) is 42.5 Å². The Morgan fingerprint density at radius 1 is 1.12 bits per heavy atom. The van der Waals surface area contributed by atoms with E-state index in [0.29, 0.717) is 37.7 Å². The van der Waals surface area contributed by atoms with Gasteiger partial charge in [0.1, 0.15) is 5.69 Å². The Balaban J connectivity index is 1.66. The maximum atomic E-state index is 12.6. The smallest absolute Gasteiger partial charge is 0.339 e. The summed E-state index contributed by atoms with van der Waals surface area (Å²) in [5.74, 6) is -1.30. The van der Waals surface area contributed by atoms with E-state index in [0.717, 1.165) is 5.56 Å². The molecule has 1 aliphatic heterocycles. The number of rotatable bonds is 6. The fraction of sp³-hybridized carbons (Fsp3) is 0.417. The molecule has 2 aromatic carbocycles. The fourth-order valence-corrected chi connectivity index (χ4v) is 3.45. The molecule has 1 aliphatic rings. The van der Waals surface area contributed by atoms with Gasteiger partial charge in [-0.1, -0.05) is 32.9 Å². The van der Waals surface area contributed by atoms with Gasteiger partial charge in [-0.3, -0.25) is 14.9 Å². The third-order valence-corrected chi connectivity index (χ3v) is 5.43. The molecule has 0 unspecified atom stereocenters. The summed E-state index contributed by atoms with van der Waals surface area (Å²) in [6.45, 7) is 9.75. The minimum absolute atomic E-state index is 0.00731. The van der Waals surface area contributed by atoms with Crippen molar-refractivity contribution in [2.24, 2.45) is 0 Å². The lowest BCUT2D eigenvalue weighted by Crippen LogP contribution is -2.36. The highest BCUT2D eigenvalue weighted by molar-refractivity contribution is 5.97. The number of nitrogens with zero attached hydrogens (tertiary/aromatic N) is 2. The zero-order chi connectivity index (χ0) is 24.2. The number of nitro groups is 1. The quantitative estimate of drug-likeness (QED) is 0.399. The molecule has 0 aliphatic carbocycles. The number of ether oxygens (including phenoxy) is 2. The Morgan fingerprint density at radius 2 is 1.76 bits per heavy atom. The monoisotopic (exact) mass is 455 g/mol. The second kappa shape index (κ2) is 9.99. The van der Waals surface area contributed by atoms with Crippen LogP contribution in [-0.4, -0.2) is 49.2 Å². The normalized spacial score (nSPS) is 15.0. The van der Waals surface area contributed by atoms with E-state index < -0.39 is 22.9 Å². The first-order chi connectivity index (χ1) is 15.6. The molecule has 1 saturated heterocycles. The van der Waals surface area contributed by atoms with Crippen LogP contribution in [0.1, 0.15) is 43.6 Å². The highest BCUT2D eigenvalue weighted by atomic mass is 16.6. The largest absolute Gasteiger partial charge is 0.449 e. The molecule has 176 valence electrons. The first-order valence-corrected chi connectivity index (χ1v) is 10.8. The average molecular weight is 456 g/mol. The summed E-state index contributed by atoms with van der Waals surface area (Å²) >= 11 is 0. The van der Waals surface area contributed by atoms with Gasteiger partial charge in [-0.15, -0.1) is 0 Å². The van der Waals surface area contributed by atoms with Crippen molar-refractivity contribution in [2.45, 2.75) is 39.2 Å². The second-order valence-electron chi connectivity index (χ2n) is 8.92. The Labute approximate surface area is 192 Å². The third-order valence-electron chi connectivity index (χ3n) is 5.43. The molecule has 1 fully saturated rings. The van der Waals surface area contributed by atoms with Crippen LogP contribution < -0.4 is 10.2 Å². The minimum Gasteiger partial charge on any atom is -0.449 e. The highest BCUT2D eigenvalue weighted by Crippen LogP contribution is 2.30. The van der Waals surface area contributed by atoms with Crippen molar-refractivity contribution in [2.75, 3.05) is 36.5 Å². The number of esters is 1. The van der Waals surface area contributed by atoms with Gasteiger partial charge in [0.15, 0.2) is 6.10 Å². The van der Waals surface area contributed by atoms with Gasteiger partial charge in [-0.2, -0.15) is 0 Å². The third kappa shape index (κ3) is 6.07. The molecule has 3 rings (SSSR count). The summed E-state index contributed by atoms with van der Waals surface area (Å²) in [4.78, 5) is 38.0. The van der Waals surface area contributed by atoms with Crippen LogP contribution in [0.4, 0.5) is 17.1 Å². The van der Waals surface area contributed by atoms with Gasteiger partial charge in [0.2, 0.25) is 0 Å². The summed E-state index contributed by atoms with van der Waals surface area (Å²) in [5.41, 5.74) is 1.94. The lowest BCUT2D eigenvalue weighted by Gasteiger charge is -2.28. The van der Waals surface area contributed by atoms with E-state index in [-0.39, 0.29) is 16.7 Å². The Morgan fingerprint density at radius 3 is 2.33 bits per heavy atom. The van der Waals surface area contributed by atoms with Gasteiger partial charge in [0.05, 0.1) is 23.7 Å². The molecular weight excluding hydrogens is 426 g/mol. The number of carbonyl (C=O) groups is 2. The predicted molar refractivity (Wildman–Crippen MR) is 125 cm³/mol. The summed E-state index contributed by atoms with van der Waals surface area (Å²) in [6.07, 6.45) is -1.09. The molecule has 1 N–H and O–H groups in total. The molecule has 0 spiro atoms. The van der Waals surface area contributed by atoms with E-state index in [9.17, 15) is 19.7 Å². The van der Waals surface area contributed by atoms with Crippen molar-refractivity contribution in [3.05, 3.63) is 63.7 Å². The van der Waals surface area contributed by atoms with Gasteiger partial charge >= 0.3 is 5.97 Å². The molecule has 9 heteroatoms. The maximum Gasteiger partial charge on any atom is 0.339 e. The van der Waals surface area contributed by atoms with Crippen LogP contribution in [0.25, 0.3) is 0 Å². The van der Waals surface area contributed by atoms with Crippen molar-refractivity contribution in [3.8, 4) is 0 Å². The second-order valence-corrected chi connectivity index (χ2v) is 8.92. The number of nitrogens with one attached hydrogen (secondary N) is 1. The van der Waals surface area contributed by atoms with E-state index >= 15 is 0 Å². The molecule has 0 saturated carbocycles. The molecule has 1 atom stereocenters. The molecule has 0 aromatic heterocycles. The molecule has 2 aromatic rings. The summed E-state index contributed by atoms with van der Waals surface area (Å²) < 4.78 is 10.6. The number of nitro benzene ring substituents is 1. The number of amides is 1. The van der Waals surface area contributed by atoms with E-state index in [1.54, 1.807) is 12.1 Å². The lowest BCUT2D eigenvalue weighted by atomic mass is 9.87. The Kier molecular flexibility index (Phi) is 7.33. The van der Waals surface area contributed by atoms with Gasteiger partial charge < -0.3 is 19.7 Å². The molecule has 1 amide bonds. The topological polar surface area (TPSA) is 111 Å². The van der Waals surface area contributed by atoms with E-state index in [1.165, 1.54) is 25.1 Å². The van der Waals surface area contributed by atoms with E-state index in [2.05, 4.69) is 26.1 Å². The Bertz CT molecular complexity index is 1020. The van der Waals surface area contributed by atoms with Crippen molar-refractivity contribution in [3.63, 3.8) is 0 Å². The molecule has 33 heavy (non-hydrogen) atoms. The number of hydrogen-bond acceptors (Lipinski definition) is 7. The number of benzene rings is 2. The van der Waals surface area contributed by atoms with Crippen LogP contribution in [0.2, 0.25) is 0 Å². The predicted octanol–water partition coefficient (Wildman–Crippen LogP) is 3.91. The van der Waals surface area contributed by atoms with Gasteiger partial charge in [0, 0.05) is 24.8 Å². The van der Waals surface area contributed by atoms with Gasteiger partial charge in [0.25, 0.3) is 11.6 Å². The number of morpholine rings is 1. The first kappa shape index (κ1) is 24.2.